The maximum absolute atomic E-state index is 13.1. The van der Waals surface area contributed by atoms with Crippen LogP contribution < -0.4 is 15.4 Å². The number of aromatic nitrogens is 3. The zero-order valence-corrected chi connectivity index (χ0v) is 17.9. The number of carbonyl (C=O) groups excluding carboxylic acids is 3. The molecule has 11 nitrogen and oxygen atoms in total. The van der Waals surface area contributed by atoms with E-state index < -0.39 is 17.5 Å². The highest BCUT2D eigenvalue weighted by Gasteiger charge is 2.53. The van der Waals surface area contributed by atoms with Gasteiger partial charge in [-0.15, -0.1) is 0 Å². The van der Waals surface area contributed by atoms with Crippen molar-refractivity contribution in [2.24, 2.45) is 0 Å². The van der Waals surface area contributed by atoms with Gasteiger partial charge in [0, 0.05) is 29.9 Å². The van der Waals surface area contributed by atoms with Gasteiger partial charge < -0.3 is 19.4 Å². The molecule has 1 saturated heterocycles. The van der Waals surface area contributed by atoms with Crippen molar-refractivity contribution >= 4 is 28.9 Å². The van der Waals surface area contributed by atoms with Crippen LogP contribution in [0.5, 0.6) is 5.75 Å². The standard InChI is InChI=1S/C23H18N6O5/c1-33-14-3-2-12-10-29(20(30)15(12)6-14)11-23(21(31)27-22(32)28-23)19-7-17-18(34-19)5-4-16(26-17)13-8-24-25-9-13/h2-9H,10-11H2,1H3,(H,24,25)(H2,27,28,31,32)/t23-/m0/s1. The van der Waals surface area contributed by atoms with Crippen LogP contribution >= 0.6 is 0 Å². The number of furan rings is 1. The molecule has 3 N–H and O–H groups in total. The van der Waals surface area contributed by atoms with Gasteiger partial charge in [0.15, 0.2) is 11.1 Å². The Morgan fingerprint density at radius 3 is 2.79 bits per heavy atom. The Labute approximate surface area is 192 Å². The number of methoxy groups -OCH3 is 1. The molecule has 1 fully saturated rings. The zero-order chi connectivity index (χ0) is 23.4. The van der Waals surface area contributed by atoms with E-state index in [1.807, 2.05) is 6.07 Å². The van der Waals surface area contributed by atoms with Gasteiger partial charge in [0.05, 0.1) is 25.5 Å². The first kappa shape index (κ1) is 20.0. The molecule has 0 unspecified atom stereocenters. The molecule has 4 aromatic rings. The van der Waals surface area contributed by atoms with Gasteiger partial charge in [-0.2, -0.15) is 5.10 Å². The van der Waals surface area contributed by atoms with E-state index in [0.29, 0.717) is 28.1 Å². The van der Waals surface area contributed by atoms with Crippen LogP contribution in [-0.2, 0) is 16.9 Å². The van der Waals surface area contributed by atoms with Crippen molar-refractivity contribution < 1.29 is 23.5 Å². The lowest BCUT2D eigenvalue weighted by atomic mass is 9.95. The number of hydrogen-bond acceptors (Lipinski definition) is 7. The van der Waals surface area contributed by atoms with E-state index in [4.69, 9.17) is 9.15 Å². The molecule has 0 aliphatic carbocycles. The summed E-state index contributed by atoms with van der Waals surface area (Å²) in [6, 6.07) is 9.71. The summed E-state index contributed by atoms with van der Waals surface area (Å²) < 4.78 is 11.2. The number of H-pyrrole nitrogens is 1. The van der Waals surface area contributed by atoms with Gasteiger partial charge in [0.2, 0.25) is 0 Å². The molecule has 0 radical (unpaired) electrons. The van der Waals surface area contributed by atoms with Crippen molar-refractivity contribution in [3.63, 3.8) is 0 Å². The molecule has 0 spiro atoms. The Bertz CT molecular complexity index is 1480. The van der Waals surface area contributed by atoms with Crippen molar-refractivity contribution in [3.05, 3.63) is 65.7 Å². The predicted octanol–water partition coefficient (Wildman–Crippen LogP) is 1.92. The van der Waals surface area contributed by atoms with Gasteiger partial charge in [-0.25, -0.2) is 9.78 Å². The summed E-state index contributed by atoms with van der Waals surface area (Å²) in [7, 11) is 1.53. The maximum atomic E-state index is 13.1. The molecule has 1 atom stereocenters. The Morgan fingerprint density at radius 2 is 2.06 bits per heavy atom. The highest BCUT2D eigenvalue weighted by molar-refractivity contribution is 6.08. The number of nitrogens with zero attached hydrogens (tertiary/aromatic N) is 3. The summed E-state index contributed by atoms with van der Waals surface area (Å²) in [4.78, 5) is 44.5. The smallest absolute Gasteiger partial charge is 0.322 e. The molecule has 2 aliphatic heterocycles. The van der Waals surface area contributed by atoms with Gasteiger partial charge in [-0.1, -0.05) is 6.07 Å². The first-order chi connectivity index (χ1) is 16.5. The molecule has 5 heterocycles. The molecule has 0 bridgehead atoms. The van der Waals surface area contributed by atoms with Crippen molar-refractivity contribution in [2.45, 2.75) is 12.1 Å². The fraction of sp³-hybridized carbons (Fsp3) is 0.174. The number of ether oxygens (including phenoxy) is 1. The van der Waals surface area contributed by atoms with Crippen molar-refractivity contribution in [3.8, 4) is 17.0 Å². The number of carbonyl (C=O) groups is 3. The molecule has 34 heavy (non-hydrogen) atoms. The molecule has 11 heteroatoms. The van der Waals surface area contributed by atoms with E-state index >= 15 is 0 Å². The average molecular weight is 458 g/mol. The average Bonchev–Trinajstić information content (AvgIpc) is 3.61. The lowest BCUT2D eigenvalue weighted by Crippen LogP contribution is -2.52. The number of benzene rings is 1. The third-order valence-electron chi connectivity index (χ3n) is 6.15. The van der Waals surface area contributed by atoms with Gasteiger partial charge in [0.1, 0.15) is 17.0 Å². The lowest BCUT2D eigenvalue weighted by Gasteiger charge is -2.28. The molecular formula is C23H18N6O5. The lowest BCUT2D eigenvalue weighted by molar-refractivity contribution is -0.125. The summed E-state index contributed by atoms with van der Waals surface area (Å²) in [6.45, 7) is 0.168. The Hall–Kier alpha value is -4.67. The Morgan fingerprint density at radius 1 is 1.18 bits per heavy atom. The van der Waals surface area contributed by atoms with Crippen LogP contribution in [0.2, 0.25) is 0 Å². The number of nitrogens with one attached hydrogen (secondary N) is 3. The molecule has 0 saturated carbocycles. The second-order valence-corrected chi connectivity index (χ2v) is 8.18. The molecule has 6 rings (SSSR count). The summed E-state index contributed by atoms with van der Waals surface area (Å²) in [6.07, 6.45) is 3.36. The zero-order valence-electron chi connectivity index (χ0n) is 17.9. The van der Waals surface area contributed by atoms with E-state index in [1.54, 1.807) is 42.7 Å². The normalized spacial score (nSPS) is 19.4. The van der Waals surface area contributed by atoms with Crippen molar-refractivity contribution in [1.82, 2.24) is 30.7 Å². The number of aromatic amines is 1. The van der Waals surface area contributed by atoms with Crippen LogP contribution in [0.3, 0.4) is 0 Å². The predicted molar refractivity (Wildman–Crippen MR) is 118 cm³/mol. The molecule has 3 aromatic heterocycles. The molecule has 4 amide bonds. The largest absolute Gasteiger partial charge is 0.497 e. The van der Waals surface area contributed by atoms with Crippen molar-refractivity contribution in [2.75, 3.05) is 13.7 Å². The van der Waals surface area contributed by atoms with E-state index in [2.05, 4.69) is 25.8 Å². The van der Waals surface area contributed by atoms with Crippen LogP contribution in [0, 0.1) is 0 Å². The van der Waals surface area contributed by atoms with Crippen LogP contribution in [0.4, 0.5) is 4.79 Å². The SMILES string of the molecule is COc1ccc2c(c1)C(=O)N(C[C@@]1(c3cc4nc(-c5cn[nH]c5)ccc4o3)NC(=O)NC1=O)C2. The highest BCUT2D eigenvalue weighted by Crippen LogP contribution is 2.35. The second kappa shape index (κ2) is 7.17. The van der Waals surface area contributed by atoms with E-state index in [0.717, 1.165) is 11.1 Å². The topological polar surface area (TPSA) is 142 Å². The molecule has 1 aromatic carbocycles. The monoisotopic (exact) mass is 458 g/mol. The quantitative estimate of drug-likeness (QED) is 0.388. The second-order valence-electron chi connectivity index (χ2n) is 8.18. The van der Waals surface area contributed by atoms with Crippen LogP contribution in [0.1, 0.15) is 21.7 Å². The Balaban J connectivity index is 1.39. The summed E-state index contributed by atoms with van der Waals surface area (Å²) >= 11 is 0. The van der Waals surface area contributed by atoms with Crippen molar-refractivity contribution in [1.29, 1.82) is 0 Å². The number of urea groups is 1. The first-order valence-corrected chi connectivity index (χ1v) is 10.5. The number of amides is 4. The fourth-order valence-corrected chi connectivity index (χ4v) is 4.42. The minimum absolute atomic E-state index is 0.116. The number of hydrogen-bond donors (Lipinski definition) is 3. The van der Waals surface area contributed by atoms with Crippen LogP contribution in [-0.4, -0.2) is 51.6 Å². The molecule has 2 aliphatic rings. The van der Waals surface area contributed by atoms with Crippen LogP contribution in [0.25, 0.3) is 22.4 Å². The van der Waals surface area contributed by atoms with E-state index in [-0.39, 0.29) is 24.8 Å². The van der Waals surface area contributed by atoms with Gasteiger partial charge in [-0.05, 0) is 29.8 Å². The molecule has 170 valence electrons. The minimum atomic E-state index is -1.60. The fourth-order valence-electron chi connectivity index (χ4n) is 4.42. The highest BCUT2D eigenvalue weighted by atomic mass is 16.5. The maximum Gasteiger partial charge on any atom is 0.322 e. The van der Waals surface area contributed by atoms with Gasteiger partial charge in [0.25, 0.3) is 11.8 Å². The summed E-state index contributed by atoms with van der Waals surface area (Å²) in [5, 5.41) is 11.6. The number of pyridine rings is 1. The molecular weight excluding hydrogens is 440 g/mol. The summed E-state index contributed by atoms with van der Waals surface area (Å²) in [5.41, 5.74) is 2.11. The Kier molecular flexibility index (Phi) is 4.21. The van der Waals surface area contributed by atoms with E-state index in [1.165, 1.54) is 12.0 Å². The van der Waals surface area contributed by atoms with Gasteiger partial charge in [-0.3, -0.25) is 20.0 Å². The number of fused-ring (bicyclic) bond motifs is 2. The summed E-state index contributed by atoms with van der Waals surface area (Å²) in [5.74, 6) is -0.122. The number of imide groups is 1. The van der Waals surface area contributed by atoms with Gasteiger partial charge >= 0.3 is 6.03 Å². The minimum Gasteiger partial charge on any atom is -0.497 e. The van der Waals surface area contributed by atoms with E-state index in [9.17, 15) is 14.4 Å². The third-order valence-corrected chi connectivity index (χ3v) is 6.15. The first-order valence-electron chi connectivity index (χ1n) is 10.5. The number of rotatable bonds is 5. The third kappa shape index (κ3) is 2.94. The van der Waals surface area contributed by atoms with Crippen LogP contribution in [0.15, 0.2) is 53.2 Å².